The van der Waals surface area contributed by atoms with Crippen LogP contribution in [-0.4, -0.2) is 18.1 Å². The van der Waals surface area contributed by atoms with Crippen molar-refractivity contribution in [1.82, 2.24) is 0 Å². The number of phenols is 1. The van der Waals surface area contributed by atoms with E-state index in [9.17, 15) is 9.90 Å². The molecular weight excluding hydrogens is 326 g/mol. The van der Waals surface area contributed by atoms with Gasteiger partial charge in [-0.05, 0) is 34.6 Å². The number of carbonyl (C=O) groups excluding carboxylic acids is 1. The SMILES string of the molecule is COc1ccccc1C(=O)Nc1cc(C(C)(C)C)cc(C(C)(C)C)c1O. The largest absolute Gasteiger partial charge is 0.505 e. The van der Waals surface area contributed by atoms with Gasteiger partial charge in [0.2, 0.25) is 0 Å². The Bertz CT molecular complexity index is 811. The van der Waals surface area contributed by atoms with Crippen molar-refractivity contribution < 1.29 is 14.6 Å². The van der Waals surface area contributed by atoms with Crippen LogP contribution in [0, 0.1) is 0 Å². The molecule has 4 heteroatoms. The molecular formula is C22H29NO3. The lowest BCUT2D eigenvalue weighted by Crippen LogP contribution is -2.19. The van der Waals surface area contributed by atoms with E-state index in [1.165, 1.54) is 7.11 Å². The molecule has 0 atom stereocenters. The van der Waals surface area contributed by atoms with E-state index in [0.29, 0.717) is 17.0 Å². The lowest BCUT2D eigenvalue weighted by Gasteiger charge is -2.27. The molecule has 0 aromatic heterocycles. The van der Waals surface area contributed by atoms with Crippen molar-refractivity contribution in [2.45, 2.75) is 52.4 Å². The van der Waals surface area contributed by atoms with Gasteiger partial charge in [-0.25, -0.2) is 0 Å². The maximum atomic E-state index is 12.8. The maximum absolute atomic E-state index is 12.8. The molecule has 0 saturated heterocycles. The minimum atomic E-state index is -0.316. The highest BCUT2D eigenvalue weighted by atomic mass is 16.5. The predicted octanol–water partition coefficient (Wildman–Crippen LogP) is 5.25. The van der Waals surface area contributed by atoms with Gasteiger partial charge in [0.25, 0.3) is 5.91 Å². The number of nitrogens with one attached hydrogen (secondary N) is 1. The van der Waals surface area contributed by atoms with Crippen molar-refractivity contribution >= 4 is 11.6 Å². The van der Waals surface area contributed by atoms with Gasteiger partial charge in [-0.2, -0.15) is 0 Å². The van der Waals surface area contributed by atoms with Gasteiger partial charge in [-0.15, -0.1) is 0 Å². The first-order chi connectivity index (χ1) is 11.9. The van der Waals surface area contributed by atoms with Crippen LogP contribution in [0.2, 0.25) is 0 Å². The standard InChI is InChI=1S/C22H29NO3/c1-21(2,3)14-12-16(22(4,5)6)19(24)17(13-14)23-20(25)15-10-8-9-11-18(15)26-7/h8-13,24H,1-7H3,(H,23,25). The van der Waals surface area contributed by atoms with E-state index in [2.05, 4.69) is 26.1 Å². The third-order valence-electron chi connectivity index (χ3n) is 4.38. The number of aromatic hydroxyl groups is 1. The Morgan fingerprint density at radius 3 is 2.15 bits per heavy atom. The summed E-state index contributed by atoms with van der Waals surface area (Å²) in [5.41, 5.74) is 2.33. The molecule has 0 bridgehead atoms. The normalized spacial score (nSPS) is 12.0. The molecule has 140 valence electrons. The summed E-state index contributed by atoms with van der Waals surface area (Å²) in [6, 6.07) is 10.9. The smallest absolute Gasteiger partial charge is 0.259 e. The Hall–Kier alpha value is -2.49. The Morgan fingerprint density at radius 2 is 1.62 bits per heavy atom. The zero-order valence-corrected chi connectivity index (χ0v) is 16.7. The number of hydrogen-bond acceptors (Lipinski definition) is 3. The number of rotatable bonds is 3. The van der Waals surface area contributed by atoms with E-state index in [-0.39, 0.29) is 22.5 Å². The second-order valence-corrected chi connectivity index (χ2v) is 8.57. The number of carbonyl (C=O) groups is 1. The second-order valence-electron chi connectivity index (χ2n) is 8.57. The summed E-state index contributed by atoms with van der Waals surface area (Å²) in [6.07, 6.45) is 0. The number of hydrogen-bond donors (Lipinski definition) is 2. The maximum Gasteiger partial charge on any atom is 0.259 e. The first-order valence-electron chi connectivity index (χ1n) is 8.77. The van der Waals surface area contributed by atoms with Gasteiger partial charge in [0.05, 0.1) is 18.4 Å². The highest BCUT2D eigenvalue weighted by molar-refractivity contribution is 6.07. The topological polar surface area (TPSA) is 58.6 Å². The van der Waals surface area contributed by atoms with Crippen molar-refractivity contribution in [3.63, 3.8) is 0 Å². The molecule has 4 nitrogen and oxygen atoms in total. The molecule has 0 aliphatic carbocycles. The molecule has 0 fully saturated rings. The molecule has 2 aromatic rings. The third-order valence-corrected chi connectivity index (χ3v) is 4.38. The molecule has 26 heavy (non-hydrogen) atoms. The summed E-state index contributed by atoms with van der Waals surface area (Å²) < 4.78 is 5.27. The number of phenolic OH excluding ortho intramolecular Hbond substituents is 1. The molecule has 0 heterocycles. The predicted molar refractivity (Wildman–Crippen MR) is 106 cm³/mol. The van der Waals surface area contributed by atoms with Crippen LogP contribution in [0.25, 0.3) is 0 Å². The van der Waals surface area contributed by atoms with E-state index >= 15 is 0 Å². The fraction of sp³-hybridized carbons (Fsp3) is 0.409. The molecule has 0 aliphatic heterocycles. The van der Waals surface area contributed by atoms with Gasteiger partial charge in [-0.3, -0.25) is 4.79 Å². The molecule has 0 saturated carbocycles. The molecule has 0 aliphatic rings. The van der Waals surface area contributed by atoms with Gasteiger partial charge in [0, 0.05) is 5.56 Å². The highest BCUT2D eigenvalue weighted by Gasteiger charge is 2.26. The van der Waals surface area contributed by atoms with Gasteiger partial charge < -0.3 is 15.2 Å². The van der Waals surface area contributed by atoms with Gasteiger partial charge in [-0.1, -0.05) is 59.7 Å². The molecule has 2 aromatic carbocycles. The Kier molecular flexibility index (Phi) is 5.36. The lowest BCUT2D eigenvalue weighted by molar-refractivity contribution is 0.102. The fourth-order valence-electron chi connectivity index (χ4n) is 2.76. The lowest BCUT2D eigenvalue weighted by atomic mass is 9.79. The number of anilines is 1. The van der Waals surface area contributed by atoms with E-state index in [0.717, 1.165) is 11.1 Å². The fourth-order valence-corrected chi connectivity index (χ4v) is 2.76. The summed E-state index contributed by atoms with van der Waals surface area (Å²) in [6.45, 7) is 12.5. The summed E-state index contributed by atoms with van der Waals surface area (Å²) in [5, 5.41) is 13.6. The summed E-state index contributed by atoms with van der Waals surface area (Å²) in [7, 11) is 1.53. The van der Waals surface area contributed by atoms with Crippen LogP contribution in [-0.2, 0) is 10.8 Å². The number of benzene rings is 2. The average Bonchev–Trinajstić information content (AvgIpc) is 2.54. The average molecular weight is 355 g/mol. The van der Waals surface area contributed by atoms with Crippen LogP contribution in [0.1, 0.15) is 63.0 Å². The van der Waals surface area contributed by atoms with Crippen molar-refractivity contribution in [2.75, 3.05) is 12.4 Å². The summed E-state index contributed by atoms with van der Waals surface area (Å²) >= 11 is 0. The van der Waals surface area contributed by atoms with Crippen LogP contribution >= 0.6 is 0 Å². The van der Waals surface area contributed by atoms with Gasteiger partial charge in [0.1, 0.15) is 11.5 Å². The van der Waals surface area contributed by atoms with Crippen LogP contribution < -0.4 is 10.1 Å². The Labute approximate surface area is 156 Å². The minimum Gasteiger partial charge on any atom is -0.505 e. The van der Waals surface area contributed by atoms with E-state index < -0.39 is 0 Å². The van der Waals surface area contributed by atoms with Crippen LogP contribution in [0.15, 0.2) is 36.4 Å². The minimum absolute atomic E-state index is 0.105. The van der Waals surface area contributed by atoms with Crippen molar-refractivity contribution in [3.05, 3.63) is 53.1 Å². The van der Waals surface area contributed by atoms with E-state index in [4.69, 9.17) is 4.74 Å². The third kappa shape index (κ3) is 4.18. The van der Waals surface area contributed by atoms with E-state index in [1.807, 2.05) is 39.0 Å². The summed E-state index contributed by atoms with van der Waals surface area (Å²) in [5.74, 6) is 0.282. The Balaban J connectivity index is 2.53. The quantitative estimate of drug-likeness (QED) is 0.740. The zero-order valence-electron chi connectivity index (χ0n) is 16.7. The molecule has 2 N–H and O–H groups in total. The first kappa shape index (κ1) is 19.8. The Morgan fingerprint density at radius 1 is 1.00 bits per heavy atom. The van der Waals surface area contributed by atoms with Crippen LogP contribution in [0.4, 0.5) is 5.69 Å². The van der Waals surface area contributed by atoms with Crippen LogP contribution in [0.5, 0.6) is 11.5 Å². The number of para-hydroxylation sites is 1. The molecule has 1 amide bonds. The van der Waals surface area contributed by atoms with Crippen molar-refractivity contribution in [3.8, 4) is 11.5 Å². The van der Waals surface area contributed by atoms with Crippen molar-refractivity contribution in [1.29, 1.82) is 0 Å². The van der Waals surface area contributed by atoms with E-state index in [1.54, 1.807) is 18.2 Å². The van der Waals surface area contributed by atoms with Crippen molar-refractivity contribution in [2.24, 2.45) is 0 Å². The molecule has 0 radical (unpaired) electrons. The second kappa shape index (κ2) is 7.02. The van der Waals surface area contributed by atoms with Crippen LogP contribution in [0.3, 0.4) is 0 Å². The number of methoxy groups -OCH3 is 1. The number of ether oxygens (including phenoxy) is 1. The monoisotopic (exact) mass is 355 g/mol. The summed E-state index contributed by atoms with van der Waals surface area (Å²) in [4.78, 5) is 12.8. The molecule has 0 unspecified atom stereocenters. The first-order valence-corrected chi connectivity index (χ1v) is 8.77. The molecule has 2 rings (SSSR count). The molecule has 0 spiro atoms. The highest BCUT2D eigenvalue weighted by Crippen LogP contribution is 2.40. The van der Waals surface area contributed by atoms with Gasteiger partial charge >= 0.3 is 0 Å². The zero-order chi connectivity index (χ0) is 19.7. The van der Waals surface area contributed by atoms with Gasteiger partial charge in [0.15, 0.2) is 0 Å². The number of amides is 1.